The summed E-state index contributed by atoms with van der Waals surface area (Å²) in [5, 5.41) is 3.46. The van der Waals surface area contributed by atoms with Crippen molar-refractivity contribution in [1.82, 2.24) is 9.88 Å². The summed E-state index contributed by atoms with van der Waals surface area (Å²) in [7, 11) is 0. The summed E-state index contributed by atoms with van der Waals surface area (Å²) < 4.78 is 2.36. The Balaban J connectivity index is 2.13. The van der Waals surface area contributed by atoms with Crippen LogP contribution in [0.3, 0.4) is 0 Å². The fraction of sp³-hybridized carbons (Fsp3) is 0.636. The first kappa shape index (κ1) is 8.82. The predicted molar refractivity (Wildman–Crippen MR) is 55.0 cm³/mol. The van der Waals surface area contributed by atoms with E-state index in [4.69, 9.17) is 0 Å². The van der Waals surface area contributed by atoms with Gasteiger partial charge in [-0.15, -0.1) is 0 Å². The van der Waals surface area contributed by atoms with Gasteiger partial charge in [-0.2, -0.15) is 0 Å². The number of nitrogens with one attached hydrogen (secondary N) is 1. The normalized spacial score (nSPS) is 23.3. The number of hydrogen-bond acceptors (Lipinski definition) is 1. The first-order valence-corrected chi connectivity index (χ1v) is 5.27. The van der Waals surface area contributed by atoms with Gasteiger partial charge in [-0.05, 0) is 38.4 Å². The lowest BCUT2D eigenvalue weighted by atomic mass is 9.96. The maximum Gasteiger partial charge on any atom is 0.0218 e. The van der Waals surface area contributed by atoms with Crippen LogP contribution in [0.25, 0.3) is 0 Å². The van der Waals surface area contributed by atoms with E-state index in [0.29, 0.717) is 0 Å². The molecule has 0 spiro atoms. The van der Waals surface area contributed by atoms with Crippen LogP contribution in [-0.2, 0) is 6.54 Å². The molecule has 1 fully saturated rings. The zero-order chi connectivity index (χ0) is 9.10. The van der Waals surface area contributed by atoms with Gasteiger partial charge >= 0.3 is 0 Å². The first-order valence-electron chi connectivity index (χ1n) is 5.27. The number of nitrogens with zero attached hydrogens (tertiary/aromatic N) is 1. The highest BCUT2D eigenvalue weighted by molar-refractivity contribution is 5.14. The maximum atomic E-state index is 3.46. The lowest BCUT2D eigenvalue weighted by Crippen LogP contribution is -2.29. The van der Waals surface area contributed by atoms with Gasteiger partial charge in [-0.1, -0.05) is 0 Å². The van der Waals surface area contributed by atoms with Crippen molar-refractivity contribution in [3.8, 4) is 0 Å². The molecule has 0 amide bonds. The molecule has 2 rings (SSSR count). The quantitative estimate of drug-likeness (QED) is 0.732. The van der Waals surface area contributed by atoms with Crippen LogP contribution < -0.4 is 5.32 Å². The second-order valence-electron chi connectivity index (χ2n) is 3.76. The third-order valence-electron chi connectivity index (χ3n) is 2.92. The smallest absolute Gasteiger partial charge is 0.0218 e. The van der Waals surface area contributed by atoms with Crippen molar-refractivity contribution in [2.75, 3.05) is 13.1 Å². The van der Waals surface area contributed by atoms with E-state index in [0.717, 1.165) is 19.0 Å². The SMILES string of the molecule is CCn1cccc1[C@H]1CCCNC1. The second kappa shape index (κ2) is 3.97. The van der Waals surface area contributed by atoms with Crippen LogP contribution in [0, 0.1) is 0 Å². The van der Waals surface area contributed by atoms with E-state index in [2.05, 4.69) is 35.1 Å². The van der Waals surface area contributed by atoms with E-state index in [-0.39, 0.29) is 0 Å². The topological polar surface area (TPSA) is 17.0 Å². The lowest BCUT2D eigenvalue weighted by Gasteiger charge is -2.24. The molecule has 0 saturated carbocycles. The molecule has 1 N–H and O–H groups in total. The molecule has 0 unspecified atom stereocenters. The Morgan fingerprint density at radius 3 is 3.23 bits per heavy atom. The summed E-state index contributed by atoms with van der Waals surface area (Å²) in [6.45, 7) is 5.66. The molecule has 1 aromatic rings. The number of aromatic nitrogens is 1. The zero-order valence-electron chi connectivity index (χ0n) is 8.29. The van der Waals surface area contributed by atoms with Gasteiger partial charge in [-0.3, -0.25) is 0 Å². The van der Waals surface area contributed by atoms with Gasteiger partial charge in [0, 0.05) is 30.9 Å². The molecule has 1 aliphatic heterocycles. The molecule has 2 nitrogen and oxygen atoms in total. The highest BCUT2D eigenvalue weighted by Gasteiger charge is 2.17. The standard InChI is InChI=1S/C11H18N2/c1-2-13-8-4-6-11(13)10-5-3-7-12-9-10/h4,6,8,10,12H,2-3,5,7,9H2,1H3/t10-/m0/s1. The minimum atomic E-state index is 0.740. The Hall–Kier alpha value is -0.760. The van der Waals surface area contributed by atoms with Gasteiger partial charge in [-0.25, -0.2) is 0 Å². The van der Waals surface area contributed by atoms with Gasteiger partial charge in [0.25, 0.3) is 0 Å². The third-order valence-corrected chi connectivity index (χ3v) is 2.92. The summed E-state index contributed by atoms with van der Waals surface area (Å²) in [4.78, 5) is 0. The largest absolute Gasteiger partial charge is 0.351 e. The molecule has 1 saturated heterocycles. The van der Waals surface area contributed by atoms with Crippen molar-refractivity contribution in [3.63, 3.8) is 0 Å². The minimum absolute atomic E-state index is 0.740. The molecule has 2 heteroatoms. The van der Waals surface area contributed by atoms with Crippen LogP contribution in [0.4, 0.5) is 0 Å². The van der Waals surface area contributed by atoms with Crippen LogP contribution in [0.1, 0.15) is 31.4 Å². The summed E-state index contributed by atoms with van der Waals surface area (Å²) in [6, 6.07) is 4.43. The highest BCUT2D eigenvalue weighted by atomic mass is 15.0. The van der Waals surface area contributed by atoms with Gasteiger partial charge in [0.05, 0.1) is 0 Å². The van der Waals surface area contributed by atoms with E-state index in [1.807, 2.05) is 0 Å². The first-order chi connectivity index (χ1) is 6.42. The minimum Gasteiger partial charge on any atom is -0.351 e. The van der Waals surface area contributed by atoms with Crippen LogP contribution in [0.15, 0.2) is 18.3 Å². The third kappa shape index (κ3) is 1.78. The molecular formula is C11H18N2. The number of aryl methyl sites for hydroxylation is 1. The van der Waals surface area contributed by atoms with Crippen molar-refractivity contribution in [2.24, 2.45) is 0 Å². The molecule has 1 aromatic heterocycles. The van der Waals surface area contributed by atoms with Gasteiger partial charge in [0.2, 0.25) is 0 Å². The van der Waals surface area contributed by atoms with Gasteiger partial charge < -0.3 is 9.88 Å². The van der Waals surface area contributed by atoms with E-state index in [1.165, 1.54) is 25.1 Å². The Bertz CT molecular complexity index is 259. The van der Waals surface area contributed by atoms with E-state index in [1.54, 1.807) is 0 Å². The van der Waals surface area contributed by atoms with E-state index < -0.39 is 0 Å². The maximum absolute atomic E-state index is 3.46. The lowest BCUT2D eigenvalue weighted by molar-refractivity contribution is 0.442. The van der Waals surface area contributed by atoms with E-state index >= 15 is 0 Å². The van der Waals surface area contributed by atoms with Gasteiger partial charge in [0.1, 0.15) is 0 Å². The number of piperidine rings is 1. The monoisotopic (exact) mass is 178 g/mol. The predicted octanol–water partition coefficient (Wildman–Crippen LogP) is 1.97. The Morgan fingerprint density at radius 2 is 2.54 bits per heavy atom. The number of rotatable bonds is 2. The molecule has 2 heterocycles. The van der Waals surface area contributed by atoms with Crippen molar-refractivity contribution in [3.05, 3.63) is 24.0 Å². The highest BCUT2D eigenvalue weighted by Crippen LogP contribution is 2.23. The summed E-state index contributed by atoms with van der Waals surface area (Å²) in [6.07, 6.45) is 4.85. The van der Waals surface area contributed by atoms with Crippen molar-refractivity contribution >= 4 is 0 Å². The fourth-order valence-electron chi connectivity index (χ4n) is 2.19. The fourth-order valence-corrected chi connectivity index (χ4v) is 2.19. The summed E-state index contributed by atoms with van der Waals surface area (Å²) >= 11 is 0. The summed E-state index contributed by atoms with van der Waals surface area (Å²) in [5.41, 5.74) is 1.51. The van der Waals surface area contributed by atoms with E-state index in [9.17, 15) is 0 Å². The molecule has 72 valence electrons. The van der Waals surface area contributed by atoms with Crippen LogP contribution in [0.2, 0.25) is 0 Å². The van der Waals surface area contributed by atoms with Crippen LogP contribution in [0.5, 0.6) is 0 Å². The van der Waals surface area contributed by atoms with Crippen LogP contribution in [-0.4, -0.2) is 17.7 Å². The number of hydrogen-bond donors (Lipinski definition) is 1. The van der Waals surface area contributed by atoms with Crippen molar-refractivity contribution in [2.45, 2.75) is 32.2 Å². The van der Waals surface area contributed by atoms with Crippen molar-refractivity contribution in [1.29, 1.82) is 0 Å². The Morgan fingerprint density at radius 1 is 1.62 bits per heavy atom. The average molecular weight is 178 g/mol. The molecular weight excluding hydrogens is 160 g/mol. The molecule has 1 atom stereocenters. The Labute approximate surface area is 79.9 Å². The molecule has 1 aliphatic rings. The molecule has 0 aromatic carbocycles. The second-order valence-corrected chi connectivity index (χ2v) is 3.76. The zero-order valence-corrected chi connectivity index (χ0v) is 8.29. The molecule has 0 aliphatic carbocycles. The van der Waals surface area contributed by atoms with Gasteiger partial charge in [0.15, 0.2) is 0 Å². The molecule has 13 heavy (non-hydrogen) atoms. The van der Waals surface area contributed by atoms with Crippen LogP contribution >= 0.6 is 0 Å². The van der Waals surface area contributed by atoms with Crippen molar-refractivity contribution < 1.29 is 0 Å². The summed E-state index contributed by atoms with van der Waals surface area (Å²) in [5.74, 6) is 0.740. The average Bonchev–Trinajstić information content (AvgIpc) is 2.67. The molecule has 0 radical (unpaired) electrons. The molecule has 0 bridgehead atoms. The Kier molecular flexibility index (Phi) is 2.69.